The zero-order valence-electron chi connectivity index (χ0n) is 16.3. The summed E-state index contributed by atoms with van der Waals surface area (Å²) in [5.41, 5.74) is 2.06. The summed E-state index contributed by atoms with van der Waals surface area (Å²) in [6.45, 7) is 3.48. The molecule has 7 nitrogen and oxygen atoms in total. The highest BCUT2D eigenvalue weighted by Crippen LogP contribution is 2.28. The Morgan fingerprint density at radius 3 is 2.69 bits per heavy atom. The Morgan fingerprint density at radius 2 is 1.93 bits per heavy atom. The van der Waals surface area contributed by atoms with Gasteiger partial charge in [-0.05, 0) is 36.2 Å². The van der Waals surface area contributed by atoms with Gasteiger partial charge in [0.2, 0.25) is 10.0 Å². The summed E-state index contributed by atoms with van der Waals surface area (Å²) in [7, 11) is -3.67. The summed E-state index contributed by atoms with van der Waals surface area (Å²) in [5, 5.41) is 2.86. The van der Waals surface area contributed by atoms with Crippen LogP contribution in [0.3, 0.4) is 0 Å². The van der Waals surface area contributed by atoms with Crippen molar-refractivity contribution < 1.29 is 22.7 Å². The largest absolute Gasteiger partial charge is 0.488 e. The van der Waals surface area contributed by atoms with E-state index in [-0.39, 0.29) is 16.9 Å². The molecule has 0 saturated carbocycles. The maximum absolute atomic E-state index is 13.0. The number of benzene rings is 2. The first-order valence-electron chi connectivity index (χ1n) is 9.66. The maximum atomic E-state index is 13.0. The van der Waals surface area contributed by atoms with Crippen LogP contribution in [0.1, 0.15) is 21.5 Å². The molecule has 0 aliphatic carbocycles. The van der Waals surface area contributed by atoms with E-state index in [1.165, 1.54) is 10.4 Å². The molecule has 2 aromatic rings. The number of hydrogen-bond donors (Lipinski definition) is 1. The molecular formula is C21H24N2O5S. The quantitative estimate of drug-likeness (QED) is 0.803. The van der Waals surface area contributed by atoms with E-state index >= 15 is 0 Å². The standard InChI is InChI=1S/C21H24N2O5S/c1-15-6-7-17(13-20(15)29(25,26)23-8-10-27-11-9-23)21(24)22-14-18-12-16-4-2-3-5-19(16)28-18/h2-7,13,18H,8-12,14H2,1H3,(H,22,24). The number of carbonyl (C=O) groups is 1. The fourth-order valence-corrected chi connectivity index (χ4v) is 5.28. The molecule has 0 spiro atoms. The van der Waals surface area contributed by atoms with Gasteiger partial charge in [-0.1, -0.05) is 24.3 Å². The topological polar surface area (TPSA) is 84.9 Å². The fourth-order valence-electron chi connectivity index (χ4n) is 3.62. The minimum atomic E-state index is -3.67. The zero-order chi connectivity index (χ0) is 20.4. The van der Waals surface area contributed by atoms with Gasteiger partial charge in [0.1, 0.15) is 11.9 Å². The van der Waals surface area contributed by atoms with Crippen molar-refractivity contribution in [3.8, 4) is 5.75 Å². The van der Waals surface area contributed by atoms with E-state index in [1.54, 1.807) is 19.1 Å². The minimum absolute atomic E-state index is 0.127. The second kappa shape index (κ2) is 8.14. The van der Waals surface area contributed by atoms with Crippen molar-refractivity contribution in [3.63, 3.8) is 0 Å². The Kier molecular flexibility index (Phi) is 5.58. The highest BCUT2D eigenvalue weighted by molar-refractivity contribution is 7.89. The lowest BCUT2D eigenvalue weighted by Crippen LogP contribution is -2.41. The summed E-state index contributed by atoms with van der Waals surface area (Å²) in [6.07, 6.45) is 0.611. The Bertz CT molecular complexity index is 990. The molecule has 1 N–H and O–H groups in total. The predicted molar refractivity (Wildman–Crippen MR) is 108 cm³/mol. The number of morpholine rings is 1. The molecule has 29 heavy (non-hydrogen) atoms. The van der Waals surface area contributed by atoms with Crippen LogP contribution in [0.25, 0.3) is 0 Å². The Labute approximate surface area is 170 Å². The molecule has 1 amide bonds. The average Bonchev–Trinajstić information content (AvgIpc) is 3.16. The average molecular weight is 416 g/mol. The number of nitrogens with one attached hydrogen (secondary N) is 1. The Hall–Kier alpha value is -2.42. The number of para-hydroxylation sites is 1. The number of hydrogen-bond acceptors (Lipinski definition) is 5. The SMILES string of the molecule is Cc1ccc(C(=O)NCC2Cc3ccccc3O2)cc1S(=O)(=O)N1CCOCC1. The van der Waals surface area contributed by atoms with Crippen LogP contribution in [0.5, 0.6) is 5.75 Å². The molecule has 154 valence electrons. The normalized spacial score (nSPS) is 19.4. The van der Waals surface area contributed by atoms with E-state index in [1.807, 2.05) is 24.3 Å². The molecule has 1 unspecified atom stereocenters. The summed E-state index contributed by atoms with van der Waals surface area (Å²) in [5.74, 6) is 0.531. The van der Waals surface area contributed by atoms with Crippen molar-refractivity contribution in [1.29, 1.82) is 0 Å². The van der Waals surface area contributed by atoms with E-state index < -0.39 is 10.0 Å². The van der Waals surface area contributed by atoms with Crippen LogP contribution in [0.4, 0.5) is 0 Å². The van der Waals surface area contributed by atoms with Crippen LogP contribution in [0.2, 0.25) is 0 Å². The van der Waals surface area contributed by atoms with Gasteiger partial charge in [-0.2, -0.15) is 4.31 Å². The molecule has 4 rings (SSSR count). The monoisotopic (exact) mass is 416 g/mol. The smallest absolute Gasteiger partial charge is 0.251 e. The predicted octanol–water partition coefficient (Wildman–Crippen LogP) is 1.75. The molecule has 1 atom stereocenters. The molecular weight excluding hydrogens is 392 g/mol. The first kappa shape index (κ1) is 19.9. The van der Waals surface area contributed by atoms with Gasteiger partial charge in [0.25, 0.3) is 5.91 Å². The van der Waals surface area contributed by atoms with Gasteiger partial charge in [-0.25, -0.2) is 8.42 Å². The molecule has 2 aliphatic rings. The summed E-state index contributed by atoms with van der Waals surface area (Å²) >= 11 is 0. The molecule has 0 bridgehead atoms. The van der Waals surface area contributed by atoms with Crippen LogP contribution < -0.4 is 10.1 Å². The first-order chi connectivity index (χ1) is 13.9. The highest BCUT2D eigenvalue weighted by Gasteiger charge is 2.29. The number of fused-ring (bicyclic) bond motifs is 1. The number of nitrogens with zero attached hydrogens (tertiary/aromatic N) is 1. The Balaban J connectivity index is 1.45. The second-order valence-corrected chi connectivity index (χ2v) is 9.16. The van der Waals surface area contributed by atoms with Crippen LogP contribution in [-0.2, 0) is 21.2 Å². The lowest BCUT2D eigenvalue weighted by molar-refractivity contribution is 0.0730. The summed E-state index contributed by atoms with van der Waals surface area (Å²) < 4.78 is 38.5. The van der Waals surface area contributed by atoms with Crippen molar-refractivity contribution in [1.82, 2.24) is 9.62 Å². The van der Waals surface area contributed by atoms with Crippen LogP contribution in [0, 0.1) is 6.92 Å². The van der Waals surface area contributed by atoms with Crippen molar-refractivity contribution in [2.45, 2.75) is 24.3 Å². The third kappa shape index (κ3) is 4.14. The van der Waals surface area contributed by atoms with E-state index in [0.717, 1.165) is 17.7 Å². The summed E-state index contributed by atoms with van der Waals surface area (Å²) in [6, 6.07) is 12.6. The van der Waals surface area contributed by atoms with Crippen molar-refractivity contribution in [2.24, 2.45) is 0 Å². The number of ether oxygens (including phenoxy) is 2. The number of amides is 1. The number of carbonyl (C=O) groups excluding carboxylic acids is 1. The van der Waals surface area contributed by atoms with Gasteiger partial charge in [-0.15, -0.1) is 0 Å². The highest BCUT2D eigenvalue weighted by atomic mass is 32.2. The summed E-state index contributed by atoms with van der Waals surface area (Å²) in [4.78, 5) is 12.8. The first-order valence-corrected chi connectivity index (χ1v) is 11.1. The van der Waals surface area contributed by atoms with Crippen LogP contribution in [-0.4, -0.2) is 57.6 Å². The third-order valence-corrected chi connectivity index (χ3v) is 7.28. The van der Waals surface area contributed by atoms with Gasteiger partial charge >= 0.3 is 0 Å². The van der Waals surface area contributed by atoms with Gasteiger partial charge in [0.05, 0.1) is 24.7 Å². The fraction of sp³-hybridized carbons (Fsp3) is 0.381. The number of aryl methyl sites for hydroxylation is 1. The number of rotatable bonds is 5. The third-order valence-electron chi connectivity index (χ3n) is 5.24. The molecule has 8 heteroatoms. The molecule has 2 heterocycles. The Morgan fingerprint density at radius 1 is 1.17 bits per heavy atom. The molecule has 2 aliphatic heterocycles. The van der Waals surface area contributed by atoms with Crippen LogP contribution >= 0.6 is 0 Å². The van der Waals surface area contributed by atoms with Crippen molar-refractivity contribution in [3.05, 3.63) is 59.2 Å². The van der Waals surface area contributed by atoms with E-state index in [9.17, 15) is 13.2 Å². The van der Waals surface area contributed by atoms with E-state index in [0.29, 0.717) is 44.0 Å². The van der Waals surface area contributed by atoms with Gasteiger partial charge < -0.3 is 14.8 Å². The maximum Gasteiger partial charge on any atom is 0.251 e. The van der Waals surface area contributed by atoms with Crippen LogP contribution in [0.15, 0.2) is 47.4 Å². The number of sulfonamides is 1. The van der Waals surface area contributed by atoms with Crippen molar-refractivity contribution >= 4 is 15.9 Å². The molecule has 1 saturated heterocycles. The van der Waals surface area contributed by atoms with Gasteiger partial charge in [-0.3, -0.25) is 4.79 Å². The molecule has 0 aromatic heterocycles. The lowest BCUT2D eigenvalue weighted by atomic mass is 10.1. The second-order valence-electron chi connectivity index (χ2n) is 7.26. The molecule has 1 fully saturated rings. The molecule has 0 radical (unpaired) electrons. The molecule has 2 aromatic carbocycles. The van der Waals surface area contributed by atoms with E-state index in [2.05, 4.69) is 5.32 Å². The zero-order valence-corrected chi connectivity index (χ0v) is 17.1. The van der Waals surface area contributed by atoms with E-state index in [4.69, 9.17) is 9.47 Å². The van der Waals surface area contributed by atoms with Gasteiger partial charge in [0, 0.05) is 25.1 Å². The van der Waals surface area contributed by atoms with Gasteiger partial charge in [0.15, 0.2) is 0 Å². The van der Waals surface area contributed by atoms with Crippen molar-refractivity contribution in [2.75, 3.05) is 32.8 Å². The minimum Gasteiger partial charge on any atom is -0.488 e. The lowest BCUT2D eigenvalue weighted by Gasteiger charge is -2.26.